The molecule has 206 valence electrons. The maximum atomic E-state index is 9.83. The number of anilines is 2. The second-order valence-electron chi connectivity index (χ2n) is 9.76. The largest absolute Gasteiger partial charge is 0.354 e. The van der Waals surface area contributed by atoms with Crippen LogP contribution in [-0.4, -0.2) is 21.5 Å². The van der Waals surface area contributed by atoms with Gasteiger partial charge in [-0.15, -0.1) is 0 Å². The van der Waals surface area contributed by atoms with Gasteiger partial charge in [-0.1, -0.05) is 78.0 Å². The average Bonchev–Trinajstić information content (AvgIpc) is 3.55. The summed E-state index contributed by atoms with van der Waals surface area (Å²) < 4.78 is 0. The Bertz CT molecular complexity index is 1850. The van der Waals surface area contributed by atoms with E-state index in [1.807, 2.05) is 48.7 Å². The van der Waals surface area contributed by atoms with Crippen LogP contribution < -0.4 is 10.6 Å². The summed E-state index contributed by atoms with van der Waals surface area (Å²) in [6, 6.07) is 33.0. The first-order chi connectivity index (χ1) is 20.7. The number of rotatable bonds is 10. The maximum Gasteiger partial charge on any atom is 0.103 e. The number of hydrogen-bond donors (Lipinski definition) is 3. The number of imidazole rings is 1. The fourth-order valence-electron chi connectivity index (χ4n) is 4.71. The molecule has 2 aromatic heterocycles. The third kappa shape index (κ3) is 6.48. The number of hydrogen-bond acceptors (Lipinski definition) is 6. The number of nitrogens with zero attached hydrogens (tertiary/aromatic N) is 3. The number of fused-ring (bicyclic) bond motifs is 1. The molecule has 0 amide bonds. The Balaban J connectivity index is 1.18. The van der Waals surface area contributed by atoms with Gasteiger partial charge in [0.25, 0.3) is 0 Å². The molecule has 0 fully saturated rings. The molecule has 0 saturated heterocycles. The molecule has 0 aliphatic heterocycles. The quantitative estimate of drug-likeness (QED) is 0.140. The molecule has 0 aliphatic carbocycles. The van der Waals surface area contributed by atoms with Crippen molar-refractivity contribution >= 4 is 45.6 Å². The summed E-state index contributed by atoms with van der Waals surface area (Å²) in [5.74, 6) is 0. The van der Waals surface area contributed by atoms with Gasteiger partial charge in [-0.3, -0.25) is 4.98 Å². The molecule has 2 heterocycles. The summed E-state index contributed by atoms with van der Waals surface area (Å²) in [6.07, 6.45) is 6.14. The van der Waals surface area contributed by atoms with Crippen molar-refractivity contribution in [3.8, 4) is 17.2 Å². The monoisotopic (exact) mass is 586 g/mol. The van der Waals surface area contributed by atoms with E-state index < -0.39 is 0 Å². The van der Waals surface area contributed by atoms with Gasteiger partial charge in [0.2, 0.25) is 0 Å². The fourth-order valence-corrected chi connectivity index (χ4v) is 5.84. The predicted molar refractivity (Wildman–Crippen MR) is 171 cm³/mol. The molecule has 0 aliphatic rings. The van der Waals surface area contributed by atoms with Crippen LogP contribution >= 0.6 is 23.4 Å². The van der Waals surface area contributed by atoms with Crippen LogP contribution in [0.3, 0.4) is 0 Å². The molecule has 6 aromatic rings. The Labute approximate surface area is 253 Å². The highest BCUT2D eigenvalue weighted by molar-refractivity contribution is 7.99. The normalized spacial score (nSPS) is 11.0. The number of nitriles is 1. The van der Waals surface area contributed by atoms with E-state index in [0.717, 1.165) is 62.7 Å². The van der Waals surface area contributed by atoms with Crippen LogP contribution in [0, 0.1) is 11.3 Å². The molecule has 6 rings (SSSR count). The molecule has 0 bridgehead atoms. The summed E-state index contributed by atoms with van der Waals surface area (Å²) in [4.78, 5) is 13.9. The molecule has 0 spiro atoms. The lowest BCUT2D eigenvalue weighted by atomic mass is 10.0. The second-order valence-corrected chi connectivity index (χ2v) is 11.3. The zero-order chi connectivity index (χ0) is 28.7. The molecule has 3 N–H and O–H groups in total. The smallest absolute Gasteiger partial charge is 0.103 e. The standard InChI is InChI=1S/C34H27ClN6S/c35-31-17-27(11-13-33(31)42-29-4-2-1-3-5-29)41-34-26(18-36)20-39-32-16-25(10-12-30(32)34)24-8-6-23(7-9-24)19-37-15-14-28-21-38-22-40-28/h1-13,16-17,20-22,37H,14-15,19H2,(H,38,40)(H,39,41). The van der Waals surface area contributed by atoms with E-state index in [4.69, 9.17) is 11.6 Å². The molecule has 0 radical (unpaired) electrons. The summed E-state index contributed by atoms with van der Waals surface area (Å²) in [5.41, 5.74) is 7.24. The first kappa shape index (κ1) is 27.6. The van der Waals surface area contributed by atoms with Gasteiger partial charge < -0.3 is 15.6 Å². The van der Waals surface area contributed by atoms with Crippen LogP contribution in [0.15, 0.2) is 120 Å². The van der Waals surface area contributed by atoms with E-state index in [1.54, 1.807) is 24.3 Å². The summed E-state index contributed by atoms with van der Waals surface area (Å²) in [6.45, 7) is 1.67. The van der Waals surface area contributed by atoms with Crippen molar-refractivity contribution < 1.29 is 0 Å². The molecule has 6 nitrogen and oxygen atoms in total. The molecule has 4 aromatic carbocycles. The Kier molecular flexibility index (Phi) is 8.48. The van der Waals surface area contributed by atoms with Gasteiger partial charge in [-0.05, 0) is 53.1 Å². The lowest BCUT2D eigenvalue weighted by molar-refractivity contribution is 0.681. The first-order valence-electron chi connectivity index (χ1n) is 13.6. The third-order valence-corrected chi connectivity index (χ3v) is 8.40. The molecule has 8 heteroatoms. The van der Waals surface area contributed by atoms with Crippen molar-refractivity contribution in [3.05, 3.63) is 132 Å². The minimum Gasteiger partial charge on any atom is -0.354 e. The molecule has 42 heavy (non-hydrogen) atoms. The van der Waals surface area contributed by atoms with Gasteiger partial charge in [0, 0.05) is 52.8 Å². The summed E-state index contributed by atoms with van der Waals surface area (Å²) in [5, 5.41) is 18.2. The van der Waals surface area contributed by atoms with E-state index >= 15 is 0 Å². The van der Waals surface area contributed by atoms with Crippen LogP contribution in [0.2, 0.25) is 5.02 Å². The highest BCUT2D eigenvalue weighted by Crippen LogP contribution is 2.37. The van der Waals surface area contributed by atoms with Crippen LogP contribution in [0.1, 0.15) is 16.8 Å². The summed E-state index contributed by atoms with van der Waals surface area (Å²) >= 11 is 8.26. The maximum absolute atomic E-state index is 9.83. The highest BCUT2D eigenvalue weighted by atomic mass is 35.5. The van der Waals surface area contributed by atoms with E-state index in [1.165, 1.54) is 5.56 Å². The van der Waals surface area contributed by atoms with Crippen molar-refractivity contribution in [2.75, 3.05) is 11.9 Å². The van der Waals surface area contributed by atoms with E-state index in [0.29, 0.717) is 16.3 Å². The van der Waals surface area contributed by atoms with Crippen molar-refractivity contribution in [1.29, 1.82) is 5.26 Å². The fraction of sp³-hybridized carbons (Fsp3) is 0.0882. The number of H-pyrrole nitrogens is 1. The molecule has 0 atom stereocenters. The lowest BCUT2D eigenvalue weighted by Crippen LogP contribution is -2.16. The molecular formula is C34H27ClN6S. The molecular weight excluding hydrogens is 560 g/mol. The molecule has 0 saturated carbocycles. The number of benzene rings is 4. The van der Waals surface area contributed by atoms with Crippen molar-refractivity contribution in [1.82, 2.24) is 20.3 Å². The number of pyridine rings is 1. The van der Waals surface area contributed by atoms with Gasteiger partial charge in [-0.25, -0.2) is 4.98 Å². The minimum absolute atomic E-state index is 0.471. The Morgan fingerprint density at radius 3 is 2.50 bits per heavy atom. The zero-order valence-electron chi connectivity index (χ0n) is 22.6. The van der Waals surface area contributed by atoms with E-state index in [9.17, 15) is 5.26 Å². The average molecular weight is 587 g/mol. The number of aromatic amines is 1. The number of nitrogens with one attached hydrogen (secondary N) is 3. The highest BCUT2D eigenvalue weighted by Gasteiger charge is 2.12. The Morgan fingerprint density at radius 1 is 0.905 bits per heavy atom. The van der Waals surface area contributed by atoms with Crippen LogP contribution in [-0.2, 0) is 13.0 Å². The number of aromatic nitrogens is 3. The van der Waals surface area contributed by atoms with Crippen molar-refractivity contribution in [3.63, 3.8) is 0 Å². The van der Waals surface area contributed by atoms with Crippen LogP contribution in [0.25, 0.3) is 22.0 Å². The second kappa shape index (κ2) is 12.9. The minimum atomic E-state index is 0.471. The number of halogens is 1. The first-order valence-corrected chi connectivity index (χ1v) is 14.8. The van der Waals surface area contributed by atoms with Crippen LogP contribution in [0.5, 0.6) is 0 Å². The van der Waals surface area contributed by atoms with Crippen molar-refractivity contribution in [2.45, 2.75) is 22.8 Å². The van der Waals surface area contributed by atoms with Gasteiger partial charge in [0.15, 0.2) is 0 Å². The SMILES string of the molecule is N#Cc1cnc2cc(-c3ccc(CNCCc4c[nH]cn4)cc3)ccc2c1Nc1ccc(Sc2ccccc2)c(Cl)c1. The third-order valence-electron chi connectivity index (χ3n) is 6.89. The Morgan fingerprint density at radius 2 is 1.74 bits per heavy atom. The van der Waals surface area contributed by atoms with Gasteiger partial charge in [0.05, 0.1) is 33.8 Å². The van der Waals surface area contributed by atoms with Gasteiger partial charge in [-0.2, -0.15) is 5.26 Å². The van der Waals surface area contributed by atoms with Gasteiger partial charge in [0.1, 0.15) is 6.07 Å². The molecule has 0 unspecified atom stereocenters. The predicted octanol–water partition coefficient (Wildman–Crippen LogP) is 8.38. The van der Waals surface area contributed by atoms with Crippen LogP contribution in [0.4, 0.5) is 11.4 Å². The van der Waals surface area contributed by atoms with Gasteiger partial charge >= 0.3 is 0 Å². The van der Waals surface area contributed by atoms with Crippen molar-refractivity contribution in [2.24, 2.45) is 0 Å². The topological polar surface area (TPSA) is 89.4 Å². The van der Waals surface area contributed by atoms with E-state index in [-0.39, 0.29) is 0 Å². The Hall–Kier alpha value is -4.61. The zero-order valence-corrected chi connectivity index (χ0v) is 24.2. The van der Waals surface area contributed by atoms with E-state index in [2.05, 4.69) is 80.2 Å². The lowest BCUT2D eigenvalue weighted by Gasteiger charge is -2.14. The summed E-state index contributed by atoms with van der Waals surface area (Å²) in [7, 11) is 0.